The predicted octanol–water partition coefficient (Wildman–Crippen LogP) is 6.34. The lowest BCUT2D eigenvalue weighted by molar-refractivity contribution is 0.0727. The molecule has 1 aliphatic carbocycles. The van der Waals surface area contributed by atoms with E-state index in [-0.39, 0.29) is 5.97 Å². The van der Waals surface area contributed by atoms with Gasteiger partial charge in [0.15, 0.2) is 0 Å². The molecule has 1 aliphatic rings. The molecule has 0 radical (unpaired) electrons. The van der Waals surface area contributed by atoms with Crippen LogP contribution in [0.5, 0.6) is 11.5 Å². The third-order valence-corrected chi connectivity index (χ3v) is 5.88. The van der Waals surface area contributed by atoms with E-state index in [0.717, 1.165) is 27.6 Å². The highest BCUT2D eigenvalue weighted by Gasteiger charge is 2.27. The number of esters is 1. The molecular formula is C27H25NO3. The van der Waals surface area contributed by atoms with Crippen LogP contribution in [0.25, 0.3) is 21.9 Å². The van der Waals surface area contributed by atoms with Crippen molar-refractivity contribution in [3.05, 3.63) is 84.2 Å². The smallest absolute Gasteiger partial charge is 0.360 e. The molecule has 5 rings (SSSR count). The standard InChI is InChI=1S/C27H25NO3/c1-3-30-26-17-19(12-13-21(26)18-10-11-18)20-14-15-25(23-8-5-4-7-22(20)23)31-27(29)24-9-6-16-28(24)2/h4-9,12-18H,3,10-11H2,1-2H3. The molecule has 1 fully saturated rings. The lowest BCUT2D eigenvalue weighted by atomic mass is 9.95. The maximum atomic E-state index is 12.7. The molecule has 1 saturated carbocycles. The van der Waals surface area contributed by atoms with E-state index in [9.17, 15) is 4.79 Å². The van der Waals surface area contributed by atoms with Crippen LogP contribution in [0.2, 0.25) is 0 Å². The summed E-state index contributed by atoms with van der Waals surface area (Å²) in [5.41, 5.74) is 4.02. The number of hydrogen-bond acceptors (Lipinski definition) is 3. The minimum Gasteiger partial charge on any atom is -0.494 e. The summed E-state index contributed by atoms with van der Waals surface area (Å²) in [5.74, 6) is 1.81. The van der Waals surface area contributed by atoms with E-state index in [4.69, 9.17) is 9.47 Å². The number of fused-ring (bicyclic) bond motifs is 1. The number of carbonyl (C=O) groups is 1. The summed E-state index contributed by atoms with van der Waals surface area (Å²) < 4.78 is 13.5. The Morgan fingerprint density at radius 3 is 2.48 bits per heavy atom. The monoisotopic (exact) mass is 411 g/mol. The average Bonchev–Trinajstić information content (AvgIpc) is 3.54. The third kappa shape index (κ3) is 3.70. The first-order chi connectivity index (χ1) is 15.2. The fraction of sp³-hybridized carbons (Fsp3) is 0.222. The van der Waals surface area contributed by atoms with Crippen molar-refractivity contribution < 1.29 is 14.3 Å². The van der Waals surface area contributed by atoms with Crippen molar-refractivity contribution in [3.8, 4) is 22.6 Å². The second-order valence-corrected chi connectivity index (χ2v) is 8.01. The number of aromatic nitrogens is 1. The maximum Gasteiger partial charge on any atom is 0.360 e. The van der Waals surface area contributed by atoms with Gasteiger partial charge in [-0.25, -0.2) is 4.79 Å². The van der Waals surface area contributed by atoms with Crippen LogP contribution in [0.1, 0.15) is 41.7 Å². The van der Waals surface area contributed by atoms with Crippen LogP contribution in [-0.4, -0.2) is 17.1 Å². The van der Waals surface area contributed by atoms with Crippen LogP contribution >= 0.6 is 0 Å². The van der Waals surface area contributed by atoms with Crippen molar-refractivity contribution in [2.45, 2.75) is 25.7 Å². The second-order valence-electron chi connectivity index (χ2n) is 8.01. The summed E-state index contributed by atoms with van der Waals surface area (Å²) in [5, 5.41) is 1.95. The first-order valence-electron chi connectivity index (χ1n) is 10.8. The normalized spacial score (nSPS) is 13.4. The molecule has 4 nitrogen and oxygen atoms in total. The first-order valence-corrected chi connectivity index (χ1v) is 10.8. The number of benzene rings is 3. The molecule has 0 atom stereocenters. The Hall–Kier alpha value is -3.53. The highest BCUT2D eigenvalue weighted by Crippen LogP contribution is 2.46. The fourth-order valence-corrected chi connectivity index (χ4v) is 4.15. The number of hydrogen-bond donors (Lipinski definition) is 0. The zero-order valence-electron chi connectivity index (χ0n) is 17.8. The number of rotatable bonds is 6. The van der Waals surface area contributed by atoms with Crippen LogP contribution in [0.3, 0.4) is 0 Å². The molecular weight excluding hydrogens is 386 g/mol. The summed E-state index contributed by atoms with van der Waals surface area (Å²) in [7, 11) is 1.83. The van der Waals surface area contributed by atoms with Gasteiger partial charge in [0, 0.05) is 18.6 Å². The molecule has 156 valence electrons. The van der Waals surface area contributed by atoms with Crippen molar-refractivity contribution >= 4 is 16.7 Å². The largest absolute Gasteiger partial charge is 0.494 e. The first kappa shape index (κ1) is 19.4. The predicted molar refractivity (Wildman–Crippen MR) is 123 cm³/mol. The van der Waals surface area contributed by atoms with Gasteiger partial charge in [0.1, 0.15) is 17.2 Å². The van der Waals surface area contributed by atoms with E-state index in [1.165, 1.54) is 18.4 Å². The minimum atomic E-state index is -0.363. The van der Waals surface area contributed by atoms with Gasteiger partial charge in [-0.2, -0.15) is 0 Å². The highest BCUT2D eigenvalue weighted by molar-refractivity contribution is 6.02. The van der Waals surface area contributed by atoms with E-state index in [1.54, 1.807) is 10.6 Å². The number of ether oxygens (including phenoxy) is 2. The van der Waals surface area contributed by atoms with Crippen LogP contribution in [0.4, 0.5) is 0 Å². The van der Waals surface area contributed by atoms with E-state index >= 15 is 0 Å². The fourth-order valence-electron chi connectivity index (χ4n) is 4.15. The summed E-state index contributed by atoms with van der Waals surface area (Å²) in [4.78, 5) is 12.7. The van der Waals surface area contributed by atoms with Crippen LogP contribution in [-0.2, 0) is 7.05 Å². The van der Waals surface area contributed by atoms with Gasteiger partial charge < -0.3 is 14.0 Å². The highest BCUT2D eigenvalue weighted by atomic mass is 16.5. The van der Waals surface area contributed by atoms with Gasteiger partial charge in [0.25, 0.3) is 0 Å². The Morgan fingerprint density at radius 2 is 1.77 bits per heavy atom. The van der Waals surface area contributed by atoms with Crippen molar-refractivity contribution in [1.82, 2.24) is 4.57 Å². The van der Waals surface area contributed by atoms with Gasteiger partial charge in [0.05, 0.1) is 6.61 Å². The van der Waals surface area contributed by atoms with E-state index in [1.807, 2.05) is 56.6 Å². The SMILES string of the molecule is CCOc1cc(-c2ccc(OC(=O)c3cccn3C)c3ccccc23)ccc1C1CC1. The molecule has 0 amide bonds. The molecule has 0 spiro atoms. The molecule has 1 aromatic heterocycles. The van der Waals surface area contributed by atoms with Crippen molar-refractivity contribution in [1.29, 1.82) is 0 Å². The third-order valence-electron chi connectivity index (χ3n) is 5.88. The minimum absolute atomic E-state index is 0.363. The Labute approximate surface area is 182 Å². The number of nitrogens with zero attached hydrogens (tertiary/aromatic N) is 1. The summed E-state index contributed by atoms with van der Waals surface area (Å²) >= 11 is 0. The molecule has 3 aromatic carbocycles. The van der Waals surface area contributed by atoms with Crippen LogP contribution < -0.4 is 9.47 Å². The molecule has 4 heteroatoms. The molecule has 4 aromatic rings. The van der Waals surface area contributed by atoms with E-state index in [2.05, 4.69) is 24.3 Å². The summed E-state index contributed by atoms with van der Waals surface area (Å²) in [6.07, 6.45) is 4.31. The molecule has 0 aliphatic heterocycles. The zero-order chi connectivity index (χ0) is 21.4. The molecule has 1 heterocycles. The van der Waals surface area contributed by atoms with E-state index in [0.29, 0.717) is 24.0 Å². The van der Waals surface area contributed by atoms with Crippen molar-refractivity contribution in [3.63, 3.8) is 0 Å². The Balaban J connectivity index is 1.55. The van der Waals surface area contributed by atoms with Gasteiger partial charge in [0.2, 0.25) is 0 Å². The van der Waals surface area contributed by atoms with Gasteiger partial charge in [-0.15, -0.1) is 0 Å². The van der Waals surface area contributed by atoms with Crippen LogP contribution in [0.15, 0.2) is 72.9 Å². The lowest BCUT2D eigenvalue weighted by Crippen LogP contribution is -2.12. The van der Waals surface area contributed by atoms with Gasteiger partial charge in [-0.3, -0.25) is 0 Å². The average molecular weight is 412 g/mol. The van der Waals surface area contributed by atoms with Gasteiger partial charge in [-0.05, 0) is 72.0 Å². The summed E-state index contributed by atoms with van der Waals surface area (Å²) in [6.45, 7) is 2.67. The molecule has 0 bridgehead atoms. The van der Waals surface area contributed by atoms with Crippen LogP contribution in [0, 0.1) is 0 Å². The number of carbonyl (C=O) groups excluding carboxylic acids is 1. The second kappa shape index (κ2) is 7.95. The maximum absolute atomic E-state index is 12.7. The quantitative estimate of drug-likeness (QED) is 0.274. The Kier molecular flexibility index (Phi) is 4.99. The molecule has 0 saturated heterocycles. The van der Waals surface area contributed by atoms with Gasteiger partial charge in [-0.1, -0.05) is 42.5 Å². The van der Waals surface area contributed by atoms with Crippen molar-refractivity contribution in [2.24, 2.45) is 7.05 Å². The van der Waals surface area contributed by atoms with E-state index < -0.39 is 0 Å². The molecule has 0 N–H and O–H groups in total. The summed E-state index contributed by atoms with van der Waals surface area (Å²) in [6, 6.07) is 22.1. The molecule has 31 heavy (non-hydrogen) atoms. The number of aryl methyl sites for hydroxylation is 1. The Morgan fingerprint density at radius 1 is 0.968 bits per heavy atom. The topological polar surface area (TPSA) is 40.5 Å². The molecule has 0 unspecified atom stereocenters. The Bertz CT molecular complexity index is 1270. The zero-order valence-corrected chi connectivity index (χ0v) is 17.8. The lowest BCUT2D eigenvalue weighted by Gasteiger charge is -2.15. The van der Waals surface area contributed by atoms with Gasteiger partial charge >= 0.3 is 5.97 Å². The van der Waals surface area contributed by atoms with Crippen molar-refractivity contribution in [2.75, 3.05) is 6.61 Å².